The molecule has 4 heteroatoms. The van der Waals surface area contributed by atoms with E-state index in [1.54, 1.807) is 0 Å². The van der Waals surface area contributed by atoms with Gasteiger partial charge in [-0.2, -0.15) is 0 Å². The summed E-state index contributed by atoms with van der Waals surface area (Å²) in [5.41, 5.74) is 15.3. The van der Waals surface area contributed by atoms with Crippen molar-refractivity contribution in [1.29, 1.82) is 0 Å². The lowest BCUT2D eigenvalue weighted by molar-refractivity contribution is 1.17. The van der Waals surface area contributed by atoms with Crippen LogP contribution in [0.2, 0.25) is 0 Å². The molecule has 4 nitrogen and oxygen atoms in total. The second kappa shape index (κ2) is 15.2. The number of aromatic nitrogens is 4. The van der Waals surface area contributed by atoms with Gasteiger partial charge in [-0.3, -0.25) is 4.98 Å². The fourth-order valence-corrected chi connectivity index (χ4v) is 9.36. The fourth-order valence-electron chi connectivity index (χ4n) is 9.36. The second-order valence-corrected chi connectivity index (χ2v) is 16.0. The SMILES string of the molecule is c1ccc(-c2cc(-c3ccc4c(c3)c3cnccc3n4-c3ccccc3)nc(-c3ccc(-c4ccc5c(-c6ccccc6)c6ccccc6c(-c6ccccc6)c5c4)cc3)n2)cc1. The van der Waals surface area contributed by atoms with E-state index >= 15 is 0 Å². The van der Waals surface area contributed by atoms with E-state index in [0.29, 0.717) is 5.82 Å². The third-order valence-corrected chi connectivity index (χ3v) is 12.3. The molecule has 0 aliphatic carbocycles. The normalized spacial score (nSPS) is 11.5. The Kier molecular flexibility index (Phi) is 8.79. The molecule has 12 rings (SSSR count). The molecule has 63 heavy (non-hydrogen) atoms. The molecule has 0 bridgehead atoms. The van der Waals surface area contributed by atoms with Gasteiger partial charge in [-0.1, -0.05) is 176 Å². The van der Waals surface area contributed by atoms with Crippen molar-refractivity contribution < 1.29 is 0 Å². The highest BCUT2D eigenvalue weighted by molar-refractivity contribution is 6.22. The number of benzene rings is 9. The predicted molar refractivity (Wildman–Crippen MR) is 262 cm³/mol. The van der Waals surface area contributed by atoms with Crippen molar-refractivity contribution in [3.05, 3.63) is 231 Å². The average molecular weight is 803 g/mol. The van der Waals surface area contributed by atoms with Gasteiger partial charge in [-0.15, -0.1) is 0 Å². The van der Waals surface area contributed by atoms with Gasteiger partial charge in [0, 0.05) is 45.5 Å². The molecule has 0 unspecified atom stereocenters. The first-order valence-corrected chi connectivity index (χ1v) is 21.3. The monoisotopic (exact) mass is 802 g/mol. The van der Waals surface area contributed by atoms with Gasteiger partial charge in [0.25, 0.3) is 0 Å². The summed E-state index contributed by atoms with van der Waals surface area (Å²) < 4.78 is 2.31. The first kappa shape index (κ1) is 36.4. The molecule has 3 aromatic heterocycles. The summed E-state index contributed by atoms with van der Waals surface area (Å²) in [6.45, 7) is 0. The number of rotatable bonds is 7. The molecule has 12 aromatic rings. The van der Waals surface area contributed by atoms with Crippen LogP contribution >= 0.6 is 0 Å². The number of nitrogens with zero attached hydrogens (tertiary/aromatic N) is 4. The second-order valence-electron chi connectivity index (χ2n) is 16.0. The quantitative estimate of drug-likeness (QED) is 0.151. The third kappa shape index (κ3) is 6.36. The number of pyridine rings is 1. The molecule has 0 fully saturated rings. The Morgan fingerprint density at radius 1 is 0.302 bits per heavy atom. The topological polar surface area (TPSA) is 43.6 Å². The standard InChI is InChI=1S/C59H38N4/c1-5-15-40(16-6-1)53-37-54(45-30-32-55-50(36-45)52-38-60-34-33-56(52)63(55)46-21-11-4-12-22-46)62-59(61-53)43-27-25-39(26-28-43)44-29-31-49-51(35-44)58(42-19-9-3-10-20-42)48-24-14-13-23-47(48)57(49)41-17-7-2-8-18-41/h1-38H. The summed E-state index contributed by atoms with van der Waals surface area (Å²) >= 11 is 0. The highest BCUT2D eigenvalue weighted by Gasteiger charge is 2.19. The number of hydrogen-bond acceptors (Lipinski definition) is 3. The van der Waals surface area contributed by atoms with E-state index in [2.05, 4.69) is 222 Å². The molecular weight excluding hydrogens is 765 g/mol. The van der Waals surface area contributed by atoms with E-state index in [0.717, 1.165) is 66.7 Å². The van der Waals surface area contributed by atoms with Gasteiger partial charge in [0.05, 0.1) is 22.4 Å². The molecule has 294 valence electrons. The first-order chi connectivity index (χ1) is 31.2. The Morgan fingerprint density at radius 3 is 1.46 bits per heavy atom. The summed E-state index contributed by atoms with van der Waals surface area (Å²) in [6, 6.07) is 77.7. The minimum atomic E-state index is 0.676. The van der Waals surface area contributed by atoms with Crippen LogP contribution < -0.4 is 0 Å². The van der Waals surface area contributed by atoms with Crippen molar-refractivity contribution in [1.82, 2.24) is 19.5 Å². The van der Waals surface area contributed by atoms with Gasteiger partial charge >= 0.3 is 0 Å². The lowest BCUT2D eigenvalue weighted by Gasteiger charge is -2.18. The number of para-hydroxylation sites is 1. The molecule has 0 aliphatic rings. The number of fused-ring (bicyclic) bond motifs is 5. The molecule has 0 spiro atoms. The van der Waals surface area contributed by atoms with E-state index < -0.39 is 0 Å². The van der Waals surface area contributed by atoms with Gasteiger partial charge in [0.2, 0.25) is 0 Å². The van der Waals surface area contributed by atoms with E-state index in [9.17, 15) is 0 Å². The number of hydrogen-bond donors (Lipinski definition) is 0. The Balaban J connectivity index is 0.988. The van der Waals surface area contributed by atoms with Crippen LogP contribution in [-0.4, -0.2) is 19.5 Å². The predicted octanol–water partition coefficient (Wildman–Crippen LogP) is 15.3. The maximum Gasteiger partial charge on any atom is 0.160 e. The van der Waals surface area contributed by atoms with Gasteiger partial charge in [0.15, 0.2) is 5.82 Å². The maximum atomic E-state index is 5.27. The molecule has 0 aliphatic heterocycles. The van der Waals surface area contributed by atoms with Crippen LogP contribution in [0.1, 0.15) is 0 Å². The van der Waals surface area contributed by atoms with Crippen LogP contribution in [0.15, 0.2) is 231 Å². The summed E-state index contributed by atoms with van der Waals surface area (Å²) in [6.07, 6.45) is 3.83. The molecule has 9 aromatic carbocycles. The Hall–Kier alpha value is -8.47. The van der Waals surface area contributed by atoms with Crippen molar-refractivity contribution in [2.24, 2.45) is 0 Å². The zero-order valence-electron chi connectivity index (χ0n) is 34.2. The molecule has 3 heterocycles. The van der Waals surface area contributed by atoms with Gasteiger partial charge < -0.3 is 4.57 Å². The molecule has 0 radical (unpaired) electrons. The zero-order chi connectivity index (χ0) is 41.7. The van der Waals surface area contributed by atoms with Crippen molar-refractivity contribution in [2.45, 2.75) is 0 Å². The summed E-state index contributed by atoms with van der Waals surface area (Å²) in [5.74, 6) is 0.676. The van der Waals surface area contributed by atoms with Crippen LogP contribution in [0.3, 0.4) is 0 Å². The van der Waals surface area contributed by atoms with Crippen molar-refractivity contribution in [2.75, 3.05) is 0 Å². The average Bonchev–Trinajstić information content (AvgIpc) is 3.70. The molecule has 0 atom stereocenters. The zero-order valence-corrected chi connectivity index (χ0v) is 34.2. The molecule has 0 N–H and O–H groups in total. The highest BCUT2D eigenvalue weighted by atomic mass is 15.0. The van der Waals surface area contributed by atoms with E-state index in [1.807, 2.05) is 18.5 Å². The van der Waals surface area contributed by atoms with Gasteiger partial charge in [-0.25, -0.2) is 9.97 Å². The molecular formula is C59H38N4. The van der Waals surface area contributed by atoms with Crippen LogP contribution in [0, 0.1) is 0 Å². The minimum absolute atomic E-state index is 0.676. The van der Waals surface area contributed by atoms with Crippen molar-refractivity contribution >= 4 is 43.4 Å². The highest BCUT2D eigenvalue weighted by Crippen LogP contribution is 2.45. The van der Waals surface area contributed by atoms with Crippen LogP contribution in [-0.2, 0) is 0 Å². The van der Waals surface area contributed by atoms with Crippen molar-refractivity contribution in [3.8, 4) is 73.0 Å². The Morgan fingerprint density at radius 2 is 0.794 bits per heavy atom. The third-order valence-electron chi connectivity index (χ3n) is 12.3. The first-order valence-electron chi connectivity index (χ1n) is 21.3. The lowest BCUT2D eigenvalue weighted by Crippen LogP contribution is -1.96. The summed E-state index contributed by atoms with van der Waals surface area (Å²) in [4.78, 5) is 15.0. The smallest absolute Gasteiger partial charge is 0.160 e. The largest absolute Gasteiger partial charge is 0.309 e. The van der Waals surface area contributed by atoms with Crippen molar-refractivity contribution in [3.63, 3.8) is 0 Å². The minimum Gasteiger partial charge on any atom is -0.309 e. The van der Waals surface area contributed by atoms with Gasteiger partial charge in [-0.05, 0) is 97.4 Å². The summed E-state index contributed by atoms with van der Waals surface area (Å²) in [7, 11) is 0. The Labute approximate surface area is 365 Å². The molecule has 0 saturated heterocycles. The van der Waals surface area contributed by atoms with E-state index in [-0.39, 0.29) is 0 Å². The van der Waals surface area contributed by atoms with Crippen LogP contribution in [0.5, 0.6) is 0 Å². The van der Waals surface area contributed by atoms with E-state index in [4.69, 9.17) is 9.97 Å². The molecule has 0 saturated carbocycles. The van der Waals surface area contributed by atoms with Crippen LogP contribution in [0.25, 0.3) is 116 Å². The van der Waals surface area contributed by atoms with Crippen LogP contribution in [0.4, 0.5) is 0 Å². The molecule has 0 amide bonds. The maximum absolute atomic E-state index is 5.27. The van der Waals surface area contributed by atoms with E-state index in [1.165, 1.54) is 43.8 Å². The fraction of sp³-hybridized carbons (Fsp3) is 0. The lowest BCUT2D eigenvalue weighted by atomic mass is 9.85. The summed E-state index contributed by atoms with van der Waals surface area (Å²) in [5, 5.41) is 7.17. The van der Waals surface area contributed by atoms with Gasteiger partial charge in [0.1, 0.15) is 0 Å². The Bertz CT molecular complexity index is 3640.